The van der Waals surface area contributed by atoms with Crippen molar-refractivity contribution in [2.75, 3.05) is 6.54 Å². The lowest BCUT2D eigenvalue weighted by Gasteiger charge is -2.37. The third kappa shape index (κ3) is 3.97. The number of hydrogen-bond donors (Lipinski definition) is 1. The lowest BCUT2D eigenvalue weighted by atomic mass is 9.92. The lowest BCUT2D eigenvalue weighted by molar-refractivity contribution is -0.143. The number of aliphatic carboxylic acids is 1. The van der Waals surface area contributed by atoms with E-state index in [4.69, 9.17) is 9.84 Å². The molecule has 0 aromatic heterocycles. The standard InChI is InChI=1S/C16H21NO4/c1-2-14-9-8-13(15(18)19)10-17(14)16(20)21-11-12-6-4-3-5-7-12/h3-7,13-14H,2,8-11H2,1H3,(H,18,19)/t13-,14+/m0/s1. The van der Waals surface area contributed by atoms with Gasteiger partial charge in [0.15, 0.2) is 0 Å². The summed E-state index contributed by atoms with van der Waals surface area (Å²) in [6, 6.07) is 9.53. The van der Waals surface area contributed by atoms with E-state index in [1.54, 1.807) is 4.90 Å². The molecule has 1 heterocycles. The normalized spacial score (nSPS) is 21.9. The second-order valence-electron chi connectivity index (χ2n) is 5.37. The van der Waals surface area contributed by atoms with Gasteiger partial charge in [-0.1, -0.05) is 37.3 Å². The maximum Gasteiger partial charge on any atom is 0.410 e. The molecule has 21 heavy (non-hydrogen) atoms. The summed E-state index contributed by atoms with van der Waals surface area (Å²) in [6.07, 6.45) is 1.73. The predicted octanol–water partition coefficient (Wildman–Crippen LogP) is 2.90. The molecule has 1 aromatic carbocycles. The number of hydrogen-bond acceptors (Lipinski definition) is 3. The van der Waals surface area contributed by atoms with Crippen LogP contribution in [0.4, 0.5) is 4.79 Å². The van der Waals surface area contributed by atoms with Gasteiger partial charge in [0.05, 0.1) is 5.92 Å². The van der Waals surface area contributed by atoms with Crippen LogP contribution >= 0.6 is 0 Å². The van der Waals surface area contributed by atoms with E-state index in [-0.39, 0.29) is 19.2 Å². The number of likely N-dealkylation sites (tertiary alicyclic amines) is 1. The van der Waals surface area contributed by atoms with Crippen molar-refractivity contribution >= 4 is 12.1 Å². The topological polar surface area (TPSA) is 66.8 Å². The molecule has 0 aliphatic carbocycles. The van der Waals surface area contributed by atoms with E-state index in [9.17, 15) is 9.59 Å². The average Bonchev–Trinajstić information content (AvgIpc) is 2.52. The van der Waals surface area contributed by atoms with Crippen LogP contribution in [-0.2, 0) is 16.1 Å². The summed E-state index contributed by atoms with van der Waals surface area (Å²) in [7, 11) is 0. The number of nitrogens with zero attached hydrogens (tertiary/aromatic N) is 1. The van der Waals surface area contributed by atoms with Gasteiger partial charge in [-0.25, -0.2) is 4.79 Å². The van der Waals surface area contributed by atoms with Crippen LogP contribution in [0.15, 0.2) is 30.3 Å². The number of carbonyl (C=O) groups excluding carboxylic acids is 1. The van der Waals surface area contributed by atoms with Crippen LogP contribution in [0.5, 0.6) is 0 Å². The number of ether oxygens (including phenoxy) is 1. The number of carbonyl (C=O) groups is 2. The molecule has 1 N–H and O–H groups in total. The number of amides is 1. The van der Waals surface area contributed by atoms with Gasteiger partial charge in [0, 0.05) is 12.6 Å². The Morgan fingerprint density at radius 2 is 2.00 bits per heavy atom. The zero-order valence-corrected chi connectivity index (χ0v) is 12.2. The maximum absolute atomic E-state index is 12.2. The van der Waals surface area contributed by atoms with Crippen molar-refractivity contribution in [2.45, 2.75) is 38.8 Å². The molecule has 0 saturated carbocycles. The molecule has 2 rings (SSSR count). The minimum atomic E-state index is -0.842. The Balaban J connectivity index is 1.96. The highest BCUT2D eigenvalue weighted by Gasteiger charge is 2.34. The fourth-order valence-corrected chi connectivity index (χ4v) is 2.68. The van der Waals surface area contributed by atoms with E-state index in [0.29, 0.717) is 12.8 Å². The molecule has 1 aromatic rings. The Labute approximate surface area is 124 Å². The highest BCUT2D eigenvalue weighted by atomic mass is 16.6. The second-order valence-corrected chi connectivity index (χ2v) is 5.37. The molecule has 1 amide bonds. The van der Waals surface area contributed by atoms with Crippen LogP contribution in [0.1, 0.15) is 31.7 Å². The fourth-order valence-electron chi connectivity index (χ4n) is 2.68. The second kappa shape index (κ2) is 7.11. The molecule has 0 unspecified atom stereocenters. The molecule has 5 nitrogen and oxygen atoms in total. The van der Waals surface area contributed by atoms with Gasteiger partial charge in [-0.05, 0) is 24.8 Å². The van der Waals surface area contributed by atoms with Crippen LogP contribution in [0.2, 0.25) is 0 Å². The van der Waals surface area contributed by atoms with Crippen LogP contribution in [0, 0.1) is 5.92 Å². The van der Waals surface area contributed by atoms with Crippen molar-refractivity contribution in [3.05, 3.63) is 35.9 Å². The van der Waals surface area contributed by atoms with Gasteiger partial charge in [-0.2, -0.15) is 0 Å². The zero-order valence-electron chi connectivity index (χ0n) is 12.2. The van der Waals surface area contributed by atoms with Gasteiger partial charge in [0.2, 0.25) is 0 Å². The Bertz CT molecular complexity index is 488. The van der Waals surface area contributed by atoms with E-state index in [0.717, 1.165) is 12.0 Å². The molecule has 1 fully saturated rings. The first-order valence-electron chi connectivity index (χ1n) is 7.32. The van der Waals surface area contributed by atoms with Crippen molar-refractivity contribution in [3.8, 4) is 0 Å². The maximum atomic E-state index is 12.2. The fraction of sp³-hybridized carbons (Fsp3) is 0.500. The summed E-state index contributed by atoms with van der Waals surface area (Å²) >= 11 is 0. The van der Waals surface area contributed by atoms with Gasteiger partial charge in [-0.15, -0.1) is 0 Å². The SMILES string of the molecule is CC[C@@H]1CC[C@H](C(=O)O)CN1C(=O)OCc1ccccc1. The van der Waals surface area contributed by atoms with Gasteiger partial charge in [-0.3, -0.25) is 4.79 Å². The third-order valence-corrected chi connectivity index (χ3v) is 3.97. The molecule has 0 radical (unpaired) electrons. The van der Waals surface area contributed by atoms with Crippen LogP contribution in [0.3, 0.4) is 0 Å². The predicted molar refractivity (Wildman–Crippen MR) is 77.8 cm³/mol. The summed E-state index contributed by atoms with van der Waals surface area (Å²) in [5, 5.41) is 9.13. The number of carboxylic acid groups (broad SMARTS) is 1. The van der Waals surface area contributed by atoms with Gasteiger partial charge < -0.3 is 14.7 Å². The first-order valence-corrected chi connectivity index (χ1v) is 7.32. The van der Waals surface area contributed by atoms with E-state index in [1.165, 1.54) is 0 Å². The van der Waals surface area contributed by atoms with Crippen molar-refractivity contribution < 1.29 is 19.4 Å². The summed E-state index contributed by atoms with van der Waals surface area (Å²) in [5.74, 6) is -1.33. The molecule has 0 bridgehead atoms. The van der Waals surface area contributed by atoms with Crippen LogP contribution < -0.4 is 0 Å². The highest BCUT2D eigenvalue weighted by Crippen LogP contribution is 2.25. The van der Waals surface area contributed by atoms with E-state index in [2.05, 4.69) is 0 Å². The molecule has 1 aliphatic rings. The minimum Gasteiger partial charge on any atom is -0.481 e. The van der Waals surface area contributed by atoms with E-state index >= 15 is 0 Å². The summed E-state index contributed by atoms with van der Waals surface area (Å²) in [4.78, 5) is 24.9. The molecule has 0 spiro atoms. The van der Waals surface area contributed by atoms with Crippen LogP contribution in [0.25, 0.3) is 0 Å². The minimum absolute atomic E-state index is 0.0730. The molecular formula is C16H21NO4. The van der Waals surface area contributed by atoms with Gasteiger partial charge >= 0.3 is 12.1 Å². The van der Waals surface area contributed by atoms with Crippen molar-refractivity contribution in [1.29, 1.82) is 0 Å². The van der Waals surface area contributed by atoms with Gasteiger partial charge in [0.25, 0.3) is 0 Å². The van der Waals surface area contributed by atoms with Crippen molar-refractivity contribution in [1.82, 2.24) is 4.90 Å². The lowest BCUT2D eigenvalue weighted by Crippen LogP contribution is -2.48. The third-order valence-electron chi connectivity index (χ3n) is 3.97. The molecule has 5 heteroatoms. The highest BCUT2D eigenvalue weighted by molar-refractivity contribution is 5.73. The van der Waals surface area contributed by atoms with Crippen LogP contribution in [-0.4, -0.2) is 34.7 Å². The smallest absolute Gasteiger partial charge is 0.410 e. The number of carboxylic acids is 1. The first-order chi connectivity index (χ1) is 10.1. The Kier molecular flexibility index (Phi) is 5.20. The Morgan fingerprint density at radius 3 is 2.62 bits per heavy atom. The van der Waals surface area contributed by atoms with Crippen molar-refractivity contribution in [3.63, 3.8) is 0 Å². The summed E-state index contributed by atoms with van der Waals surface area (Å²) < 4.78 is 5.32. The van der Waals surface area contributed by atoms with E-state index in [1.807, 2.05) is 37.3 Å². The largest absolute Gasteiger partial charge is 0.481 e. The average molecular weight is 291 g/mol. The summed E-state index contributed by atoms with van der Waals surface area (Å²) in [5.41, 5.74) is 0.922. The molecule has 1 saturated heterocycles. The molecule has 2 atom stereocenters. The monoisotopic (exact) mass is 291 g/mol. The van der Waals surface area contributed by atoms with E-state index < -0.39 is 18.0 Å². The summed E-state index contributed by atoms with van der Waals surface area (Å²) in [6.45, 7) is 2.45. The number of piperidine rings is 1. The van der Waals surface area contributed by atoms with Crippen molar-refractivity contribution in [2.24, 2.45) is 5.92 Å². The number of benzene rings is 1. The zero-order chi connectivity index (χ0) is 15.2. The van der Waals surface area contributed by atoms with Gasteiger partial charge in [0.1, 0.15) is 6.61 Å². The quantitative estimate of drug-likeness (QED) is 0.926. The molecule has 1 aliphatic heterocycles. The molecular weight excluding hydrogens is 270 g/mol. The Morgan fingerprint density at radius 1 is 1.29 bits per heavy atom. The number of rotatable bonds is 4. The first kappa shape index (κ1) is 15.4. The molecule has 114 valence electrons. The Hall–Kier alpha value is -2.04.